The van der Waals surface area contributed by atoms with Crippen LogP contribution in [0.15, 0.2) is 36.4 Å². The highest BCUT2D eigenvalue weighted by molar-refractivity contribution is 5.80. The van der Waals surface area contributed by atoms with Crippen molar-refractivity contribution in [3.63, 3.8) is 0 Å². The Balaban J connectivity index is 1.50. The predicted molar refractivity (Wildman–Crippen MR) is 92.5 cm³/mol. The summed E-state index contributed by atoms with van der Waals surface area (Å²) in [6.45, 7) is 1.65. The summed E-state index contributed by atoms with van der Waals surface area (Å²) in [5, 5.41) is 0.883. The fourth-order valence-corrected chi connectivity index (χ4v) is 3.18. The number of aromatic amines is 1. The molecule has 1 N–H and O–H groups in total. The highest BCUT2D eigenvalue weighted by Crippen LogP contribution is 2.42. The van der Waals surface area contributed by atoms with E-state index < -0.39 is 0 Å². The number of hydrogen-bond acceptors (Lipinski definition) is 4. The molecule has 0 saturated heterocycles. The Morgan fingerprint density at radius 3 is 2.88 bits per heavy atom. The number of aromatic nitrogens is 1. The van der Waals surface area contributed by atoms with Gasteiger partial charge in [0.05, 0.1) is 7.11 Å². The van der Waals surface area contributed by atoms with Gasteiger partial charge < -0.3 is 19.2 Å². The second-order valence-corrected chi connectivity index (χ2v) is 6.23. The fraction of sp³-hybridized carbons (Fsp3) is 0.263. The molecule has 0 radical (unpaired) electrons. The molecule has 4 rings (SSSR count). The van der Waals surface area contributed by atoms with E-state index in [9.17, 15) is 4.39 Å². The summed E-state index contributed by atoms with van der Waals surface area (Å²) in [7, 11) is 3.65. The Labute approximate surface area is 144 Å². The molecule has 0 unspecified atom stereocenters. The lowest BCUT2D eigenvalue weighted by Crippen LogP contribution is -2.17. The number of H-pyrrole nitrogens is 1. The third-order valence-corrected chi connectivity index (χ3v) is 4.25. The van der Waals surface area contributed by atoms with Crippen molar-refractivity contribution in [2.75, 3.05) is 21.0 Å². The molecule has 0 atom stereocenters. The third kappa shape index (κ3) is 3.13. The van der Waals surface area contributed by atoms with Gasteiger partial charge in [-0.3, -0.25) is 4.90 Å². The van der Waals surface area contributed by atoms with Crippen molar-refractivity contribution in [3.05, 3.63) is 53.5 Å². The standard InChI is InChI=1S/C19H19FN2O3/c1-22(10-15-8-13-7-14(20)3-4-16(13)21-15)9-12-5-17(23-2)19-18(6-12)24-11-25-19/h3-8,21H,9-11H2,1-2H3. The number of hydrogen-bond donors (Lipinski definition) is 1. The average Bonchev–Trinajstić information content (AvgIpc) is 3.19. The summed E-state index contributed by atoms with van der Waals surface area (Å²) in [4.78, 5) is 5.49. The first-order chi connectivity index (χ1) is 12.1. The summed E-state index contributed by atoms with van der Waals surface area (Å²) >= 11 is 0. The van der Waals surface area contributed by atoms with E-state index in [2.05, 4.69) is 9.88 Å². The van der Waals surface area contributed by atoms with E-state index in [-0.39, 0.29) is 12.6 Å². The molecule has 6 heteroatoms. The van der Waals surface area contributed by atoms with Crippen LogP contribution in [-0.4, -0.2) is 30.8 Å². The molecular weight excluding hydrogens is 323 g/mol. The van der Waals surface area contributed by atoms with E-state index in [1.807, 2.05) is 25.2 Å². The van der Waals surface area contributed by atoms with Gasteiger partial charge in [-0.05, 0) is 49.0 Å². The van der Waals surface area contributed by atoms with E-state index in [4.69, 9.17) is 14.2 Å². The van der Waals surface area contributed by atoms with Gasteiger partial charge in [0.15, 0.2) is 11.5 Å². The van der Waals surface area contributed by atoms with Crippen molar-refractivity contribution in [1.82, 2.24) is 9.88 Å². The van der Waals surface area contributed by atoms with Crippen LogP contribution in [0.4, 0.5) is 4.39 Å². The maximum Gasteiger partial charge on any atom is 0.231 e. The van der Waals surface area contributed by atoms with Crippen LogP contribution in [0.3, 0.4) is 0 Å². The van der Waals surface area contributed by atoms with Crippen LogP contribution in [0.5, 0.6) is 17.2 Å². The summed E-state index contributed by atoms with van der Waals surface area (Å²) in [5.74, 6) is 1.83. The molecule has 5 nitrogen and oxygen atoms in total. The van der Waals surface area contributed by atoms with Crippen molar-refractivity contribution < 1.29 is 18.6 Å². The first-order valence-electron chi connectivity index (χ1n) is 8.04. The number of rotatable bonds is 5. The van der Waals surface area contributed by atoms with Crippen molar-refractivity contribution in [3.8, 4) is 17.2 Å². The molecule has 0 amide bonds. The highest BCUT2D eigenvalue weighted by atomic mass is 19.1. The lowest BCUT2D eigenvalue weighted by molar-refractivity contribution is 0.171. The number of benzene rings is 2. The molecule has 0 saturated carbocycles. The van der Waals surface area contributed by atoms with Crippen molar-refractivity contribution >= 4 is 10.9 Å². The summed E-state index contributed by atoms with van der Waals surface area (Å²) in [6, 6.07) is 10.7. The van der Waals surface area contributed by atoms with Gasteiger partial charge in [-0.25, -0.2) is 4.39 Å². The molecule has 0 fully saturated rings. The largest absolute Gasteiger partial charge is 0.493 e. The van der Waals surface area contributed by atoms with Crippen LogP contribution >= 0.6 is 0 Å². The number of methoxy groups -OCH3 is 1. The predicted octanol–water partition coefficient (Wildman–Crippen LogP) is 3.68. The minimum absolute atomic E-state index is 0.219. The van der Waals surface area contributed by atoms with Gasteiger partial charge in [0.25, 0.3) is 0 Å². The minimum atomic E-state index is -0.223. The van der Waals surface area contributed by atoms with Crippen molar-refractivity contribution in [2.24, 2.45) is 0 Å². The van der Waals surface area contributed by atoms with Gasteiger partial charge in [-0.15, -0.1) is 0 Å². The minimum Gasteiger partial charge on any atom is -0.493 e. The second kappa shape index (κ2) is 6.29. The third-order valence-electron chi connectivity index (χ3n) is 4.25. The molecule has 3 aromatic rings. The summed E-state index contributed by atoms with van der Waals surface area (Å²) in [6.07, 6.45) is 0. The average molecular weight is 342 g/mol. The van der Waals surface area contributed by atoms with Crippen LogP contribution in [0.25, 0.3) is 10.9 Å². The molecule has 25 heavy (non-hydrogen) atoms. The van der Waals surface area contributed by atoms with Gasteiger partial charge in [-0.1, -0.05) is 0 Å². The zero-order chi connectivity index (χ0) is 17.4. The molecular formula is C19H19FN2O3. The Kier molecular flexibility index (Phi) is 3.97. The maximum absolute atomic E-state index is 13.3. The molecule has 0 spiro atoms. The second-order valence-electron chi connectivity index (χ2n) is 6.23. The molecule has 0 bridgehead atoms. The molecule has 2 heterocycles. The Bertz CT molecular complexity index is 922. The van der Waals surface area contributed by atoms with Crippen LogP contribution < -0.4 is 14.2 Å². The smallest absolute Gasteiger partial charge is 0.231 e. The Hall–Kier alpha value is -2.73. The first-order valence-corrected chi connectivity index (χ1v) is 8.04. The van der Waals surface area contributed by atoms with Crippen LogP contribution in [0, 0.1) is 5.82 Å². The Morgan fingerprint density at radius 2 is 2.04 bits per heavy atom. The van der Waals surface area contributed by atoms with E-state index in [0.717, 1.165) is 28.7 Å². The van der Waals surface area contributed by atoms with Gasteiger partial charge in [0, 0.05) is 29.7 Å². The molecule has 1 aromatic heterocycles. The van der Waals surface area contributed by atoms with Crippen molar-refractivity contribution in [2.45, 2.75) is 13.1 Å². The molecule has 130 valence electrons. The number of halogens is 1. The summed E-state index contributed by atoms with van der Waals surface area (Å²) < 4.78 is 29.6. The fourth-order valence-electron chi connectivity index (χ4n) is 3.18. The topological polar surface area (TPSA) is 46.7 Å². The lowest BCUT2D eigenvalue weighted by Gasteiger charge is -2.17. The zero-order valence-corrected chi connectivity index (χ0v) is 14.1. The Morgan fingerprint density at radius 1 is 1.16 bits per heavy atom. The van der Waals surface area contributed by atoms with E-state index in [1.54, 1.807) is 13.2 Å². The molecule has 1 aliphatic heterocycles. The van der Waals surface area contributed by atoms with Crippen LogP contribution in [-0.2, 0) is 13.1 Å². The van der Waals surface area contributed by atoms with Crippen LogP contribution in [0.2, 0.25) is 0 Å². The number of fused-ring (bicyclic) bond motifs is 2. The lowest BCUT2D eigenvalue weighted by atomic mass is 10.1. The number of ether oxygens (including phenoxy) is 3. The molecule has 1 aliphatic rings. The normalized spacial score (nSPS) is 13.0. The van der Waals surface area contributed by atoms with E-state index in [1.165, 1.54) is 12.1 Å². The van der Waals surface area contributed by atoms with Crippen molar-refractivity contribution in [1.29, 1.82) is 0 Å². The monoisotopic (exact) mass is 342 g/mol. The molecule has 0 aliphatic carbocycles. The zero-order valence-electron chi connectivity index (χ0n) is 14.1. The number of nitrogens with one attached hydrogen (secondary N) is 1. The summed E-state index contributed by atoms with van der Waals surface area (Å²) in [5.41, 5.74) is 3.05. The maximum atomic E-state index is 13.3. The van der Waals surface area contributed by atoms with E-state index >= 15 is 0 Å². The molecule has 2 aromatic carbocycles. The van der Waals surface area contributed by atoms with Gasteiger partial charge >= 0.3 is 0 Å². The SMILES string of the molecule is COc1cc(CN(C)Cc2cc3cc(F)ccc3[nH]2)cc2c1OCO2. The van der Waals surface area contributed by atoms with Gasteiger partial charge in [-0.2, -0.15) is 0 Å². The van der Waals surface area contributed by atoms with Gasteiger partial charge in [0.2, 0.25) is 12.5 Å². The first kappa shape index (κ1) is 15.8. The van der Waals surface area contributed by atoms with Gasteiger partial charge in [0.1, 0.15) is 5.82 Å². The highest BCUT2D eigenvalue weighted by Gasteiger charge is 2.20. The van der Waals surface area contributed by atoms with Crippen LogP contribution in [0.1, 0.15) is 11.3 Å². The quantitative estimate of drug-likeness (QED) is 0.768. The van der Waals surface area contributed by atoms with E-state index in [0.29, 0.717) is 23.8 Å². The number of nitrogens with zero attached hydrogens (tertiary/aromatic N) is 1.